The van der Waals surface area contributed by atoms with Crippen LogP contribution in [0.5, 0.6) is 5.75 Å². The Morgan fingerprint density at radius 2 is 1.96 bits per heavy atom. The highest BCUT2D eigenvalue weighted by Crippen LogP contribution is 2.28. The zero-order chi connectivity index (χ0) is 18.5. The van der Waals surface area contributed by atoms with Crippen molar-refractivity contribution in [2.45, 2.75) is 6.42 Å². The predicted octanol–water partition coefficient (Wildman–Crippen LogP) is 3.20. The van der Waals surface area contributed by atoms with Gasteiger partial charge in [0.1, 0.15) is 5.75 Å². The molecule has 2 aromatic rings. The van der Waals surface area contributed by atoms with E-state index in [0.29, 0.717) is 27.5 Å². The first-order valence-corrected chi connectivity index (χ1v) is 8.63. The molecule has 6 nitrogen and oxygen atoms in total. The molecule has 0 spiro atoms. The highest BCUT2D eigenvalue weighted by atomic mass is 32.2. The first kappa shape index (κ1) is 17.8. The summed E-state index contributed by atoms with van der Waals surface area (Å²) in [6.07, 6.45) is 1.73. The van der Waals surface area contributed by atoms with E-state index in [0.717, 1.165) is 11.8 Å². The lowest BCUT2D eigenvalue weighted by Gasteiger charge is -2.10. The number of hydrogen-bond acceptors (Lipinski definition) is 5. The minimum atomic E-state index is -0.417. The van der Waals surface area contributed by atoms with Crippen molar-refractivity contribution in [2.75, 3.05) is 12.4 Å². The summed E-state index contributed by atoms with van der Waals surface area (Å²) in [6.45, 7) is 0. The Kier molecular flexibility index (Phi) is 5.38. The molecule has 0 radical (unpaired) electrons. The van der Waals surface area contributed by atoms with Crippen molar-refractivity contribution < 1.29 is 19.1 Å². The van der Waals surface area contributed by atoms with Crippen LogP contribution in [0.15, 0.2) is 53.4 Å². The molecule has 0 atom stereocenters. The molecule has 2 aromatic carbocycles. The molecule has 1 saturated heterocycles. The molecular weight excluding hydrogens is 352 g/mol. The van der Waals surface area contributed by atoms with Crippen LogP contribution >= 0.6 is 11.8 Å². The van der Waals surface area contributed by atoms with E-state index in [-0.39, 0.29) is 12.3 Å². The molecule has 0 aromatic heterocycles. The summed E-state index contributed by atoms with van der Waals surface area (Å²) < 4.78 is 5.32. The van der Waals surface area contributed by atoms with E-state index in [4.69, 9.17) is 4.74 Å². The average molecular weight is 368 g/mol. The first-order chi connectivity index (χ1) is 12.5. The van der Waals surface area contributed by atoms with E-state index in [1.807, 2.05) is 30.3 Å². The molecule has 0 aliphatic carbocycles. The molecule has 0 unspecified atom stereocenters. The molecule has 2 N–H and O–H groups in total. The van der Waals surface area contributed by atoms with Crippen molar-refractivity contribution in [3.63, 3.8) is 0 Å². The van der Waals surface area contributed by atoms with Gasteiger partial charge in [0.15, 0.2) is 0 Å². The van der Waals surface area contributed by atoms with E-state index in [1.165, 1.54) is 7.11 Å². The van der Waals surface area contributed by atoms with Gasteiger partial charge in [-0.15, -0.1) is 0 Å². The maximum absolute atomic E-state index is 12.3. The van der Waals surface area contributed by atoms with Gasteiger partial charge in [-0.2, -0.15) is 0 Å². The number of ether oxygens (including phenoxy) is 1. The Labute approximate surface area is 154 Å². The fraction of sp³-hybridized carbons (Fsp3) is 0.105. The summed E-state index contributed by atoms with van der Waals surface area (Å²) in [5, 5.41) is 4.64. The quantitative estimate of drug-likeness (QED) is 0.792. The van der Waals surface area contributed by atoms with E-state index in [9.17, 15) is 14.4 Å². The third kappa shape index (κ3) is 4.31. The highest BCUT2D eigenvalue weighted by Gasteiger charge is 2.25. The van der Waals surface area contributed by atoms with Gasteiger partial charge < -0.3 is 10.1 Å². The van der Waals surface area contributed by atoms with Gasteiger partial charge in [-0.05, 0) is 47.7 Å². The van der Waals surface area contributed by atoms with Crippen LogP contribution < -0.4 is 15.4 Å². The predicted molar refractivity (Wildman–Crippen MR) is 101 cm³/mol. The van der Waals surface area contributed by atoms with Gasteiger partial charge in [-0.1, -0.05) is 24.3 Å². The molecule has 0 saturated carbocycles. The van der Waals surface area contributed by atoms with Crippen LogP contribution in [0.4, 0.5) is 10.5 Å². The van der Waals surface area contributed by atoms with Gasteiger partial charge in [-0.3, -0.25) is 19.7 Å². The number of para-hydroxylation sites is 1. The Morgan fingerprint density at radius 3 is 2.62 bits per heavy atom. The molecule has 3 amide bonds. The van der Waals surface area contributed by atoms with Gasteiger partial charge in [0.2, 0.25) is 5.91 Å². The molecule has 132 valence electrons. The third-order valence-electron chi connectivity index (χ3n) is 3.65. The van der Waals surface area contributed by atoms with E-state index in [1.54, 1.807) is 24.3 Å². The van der Waals surface area contributed by atoms with Crippen molar-refractivity contribution in [1.29, 1.82) is 0 Å². The number of hydrogen-bond donors (Lipinski definition) is 2. The number of anilines is 1. The number of thioether (sulfide) groups is 1. The van der Waals surface area contributed by atoms with Crippen molar-refractivity contribution in [2.24, 2.45) is 0 Å². The van der Waals surface area contributed by atoms with Crippen LogP contribution in [-0.4, -0.2) is 24.2 Å². The topological polar surface area (TPSA) is 84.5 Å². The monoisotopic (exact) mass is 368 g/mol. The van der Waals surface area contributed by atoms with Crippen LogP contribution in [-0.2, 0) is 16.0 Å². The lowest BCUT2D eigenvalue weighted by Crippen LogP contribution is -2.17. The highest BCUT2D eigenvalue weighted by molar-refractivity contribution is 8.18. The van der Waals surface area contributed by atoms with Gasteiger partial charge in [0.25, 0.3) is 11.1 Å². The third-order valence-corrected chi connectivity index (χ3v) is 4.46. The van der Waals surface area contributed by atoms with Crippen molar-refractivity contribution >= 4 is 40.6 Å². The number of carbonyl (C=O) groups is 3. The van der Waals surface area contributed by atoms with E-state index in [2.05, 4.69) is 10.6 Å². The molecule has 0 bridgehead atoms. The number of methoxy groups -OCH3 is 1. The molecule has 1 aliphatic heterocycles. The standard InChI is InChI=1S/C19H16N2O4S/c1-25-15-8-7-12(10-16-18(23)21-19(24)26-16)9-13(15)11-17(22)20-14-5-3-2-4-6-14/h2-10H,11H2,1H3,(H,20,22)(H,21,23,24). The number of nitrogens with one attached hydrogen (secondary N) is 2. The molecule has 1 aliphatic rings. The van der Waals surface area contributed by atoms with Crippen molar-refractivity contribution in [3.05, 3.63) is 64.6 Å². The summed E-state index contributed by atoms with van der Waals surface area (Å²) in [5.74, 6) is -0.0170. The molecular formula is C19H16N2O4S. The molecule has 7 heteroatoms. The van der Waals surface area contributed by atoms with Crippen molar-refractivity contribution in [3.8, 4) is 5.75 Å². The van der Waals surface area contributed by atoms with E-state index >= 15 is 0 Å². The Morgan fingerprint density at radius 1 is 1.19 bits per heavy atom. The van der Waals surface area contributed by atoms with Crippen LogP contribution in [0, 0.1) is 0 Å². The second-order valence-corrected chi connectivity index (χ2v) is 6.53. The van der Waals surface area contributed by atoms with E-state index < -0.39 is 11.1 Å². The minimum absolute atomic E-state index is 0.118. The van der Waals surface area contributed by atoms with Crippen molar-refractivity contribution in [1.82, 2.24) is 5.32 Å². The number of imide groups is 1. The summed E-state index contributed by atoms with van der Waals surface area (Å²) in [7, 11) is 1.53. The SMILES string of the molecule is COc1ccc(C=C2SC(=O)NC2=O)cc1CC(=O)Nc1ccccc1. The molecule has 1 heterocycles. The summed E-state index contributed by atoms with van der Waals surface area (Å²) in [4.78, 5) is 35.6. The number of carbonyl (C=O) groups excluding carboxylic acids is 3. The van der Waals surface area contributed by atoms with Gasteiger partial charge >= 0.3 is 0 Å². The second kappa shape index (κ2) is 7.88. The second-order valence-electron chi connectivity index (χ2n) is 5.51. The minimum Gasteiger partial charge on any atom is -0.496 e. The molecule has 3 rings (SSSR count). The van der Waals surface area contributed by atoms with Crippen LogP contribution in [0.1, 0.15) is 11.1 Å². The maximum atomic E-state index is 12.3. The Bertz CT molecular complexity index is 894. The first-order valence-electron chi connectivity index (χ1n) is 7.82. The summed E-state index contributed by atoms with van der Waals surface area (Å²) >= 11 is 0.851. The van der Waals surface area contributed by atoms with Gasteiger partial charge in [0.05, 0.1) is 18.4 Å². The Hall–Kier alpha value is -3.06. The zero-order valence-corrected chi connectivity index (χ0v) is 14.8. The molecule has 26 heavy (non-hydrogen) atoms. The zero-order valence-electron chi connectivity index (χ0n) is 13.9. The van der Waals surface area contributed by atoms with Crippen LogP contribution in [0.25, 0.3) is 6.08 Å². The Balaban J connectivity index is 1.79. The number of rotatable bonds is 5. The normalized spacial score (nSPS) is 15.0. The number of benzene rings is 2. The fourth-order valence-corrected chi connectivity index (χ4v) is 3.18. The van der Waals surface area contributed by atoms with Crippen LogP contribution in [0.3, 0.4) is 0 Å². The summed E-state index contributed by atoms with van der Waals surface area (Å²) in [5.41, 5.74) is 2.11. The number of amides is 3. The largest absolute Gasteiger partial charge is 0.496 e. The van der Waals surface area contributed by atoms with Gasteiger partial charge in [0, 0.05) is 11.3 Å². The van der Waals surface area contributed by atoms with Gasteiger partial charge in [-0.25, -0.2) is 0 Å². The van der Waals surface area contributed by atoms with Crippen LogP contribution in [0.2, 0.25) is 0 Å². The average Bonchev–Trinajstić information content (AvgIpc) is 2.93. The maximum Gasteiger partial charge on any atom is 0.290 e. The fourth-order valence-electron chi connectivity index (χ4n) is 2.50. The lowest BCUT2D eigenvalue weighted by molar-refractivity contribution is -0.116. The lowest BCUT2D eigenvalue weighted by atomic mass is 10.1. The smallest absolute Gasteiger partial charge is 0.290 e. The summed E-state index contributed by atoms with van der Waals surface area (Å²) in [6, 6.07) is 14.4. The molecule has 1 fully saturated rings.